The molecule has 0 spiro atoms. The van der Waals surface area contributed by atoms with Gasteiger partial charge in [0.2, 0.25) is 0 Å². The molecule has 0 atom stereocenters. The number of hydrogen-bond acceptors (Lipinski definition) is 4. The number of nitrogens with zero attached hydrogens (tertiary/aromatic N) is 3. The molecule has 2 aliphatic rings. The van der Waals surface area contributed by atoms with E-state index in [2.05, 4.69) is 32.2 Å². The molecule has 0 unspecified atom stereocenters. The molecule has 2 heterocycles. The zero-order valence-electron chi connectivity index (χ0n) is 19.0. The summed E-state index contributed by atoms with van der Waals surface area (Å²) in [6.07, 6.45) is 1.73. The van der Waals surface area contributed by atoms with Gasteiger partial charge >= 0.3 is 0 Å². The van der Waals surface area contributed by atoms with Crippen molar-refractivity contribution in [1.29, 1.82) is 0 Å². The van der Waals surface area contributed by atoms with E-state index in [1.807, 2.05) is 25.2 Å². The van der Waals surface area contributed by atoms with E-state index >= 15 is 0 Å². The number of aliphatic imine (C=N–C) groups is 1. The molecular formula is C25H33FN4O2. The van der Waals surface area contributed by atoms with Crippen molar-refractivity contribution in [2.75, 3.05) is 65.0 Å². The molecule has 0 amide bonds. The summed E-state index contributed by atoms with van der Waals surface area (Å²) in [5, 5.41) is 3.60. The Morgan fingerprint density at radius 3 is 2.53 bits per heavy atom. The Kier molecular flexibility index (Phi) is 7.15. The molecule has 0 aromatic heterocycles. The van der Waals surface area contributed by atoms with E-state index in [4.69, 9.17) is 9.47 Å². The molecule has 2 aromatic carbocycles. The Bertz CT molecular complexity index is 922. The van der Waals surface area contributed by atoms with Crippen LogP contribution in [0.25, 0.3) is 0 Å². The lowest BCUT2D eigenvalue weighted by Crippen LogP contribution is -2.55. The van der Waals surface area contributed by atoms with Crippen LogP contribution in [0.1, 0.15) is 18.4 Å². The van der Waals surface area contributed by atoms with Gasteiger partial charge in [-0.25, -0.2) is 4.39 Å². The molecule has 0 radical (unpaired) electrons. The van der Waals surface area contributed by atoms with Crippen LogP contribution in [0.2, 0.25) is 0 Å². The number of methoxy groups -OCH3 is 1. The average Bonchev–Trinajstić information content (AvgIpc) is 2.85. The number of guanidine groups is 1. The largest absolute Gasteiger partial charge is 0.497 e. The highest BCUT2D eigenvalue weighted by molar-refractivity contribution is 5.80. The van der Waals surface area contributed by atoms with Crippen LogP contribution in [0.4, 0.5) is 10.1 Å². The van der Waals surface area contributed by atoms with Crippen LogP contribution in [0.5, 0.6) is 5.75 Å². The van der Waals surface area contributed by atoms with E-state index in [1.165, 1.54) is 11.8 Å². The zero-order chi connectivity index (χ0) is 22.4. The Morgan fingerprint density at radius 1 is 1.09 bits per heavy atom. The molecule has 32 heavy (non-hydrogen) atoms. The monoisotopic (exact) mass is 440 g/mol. The van der Waals surface area contributed by atoms with Gasteiger partial charge in [0, 0.05) is 70.2 Å². The average molecular weight is 441 g/mol. The molecule has 1 N–H and O–H groups in total. The van der Waals surface area contributed by atoms with Crippen molar-refractivity contribution in [3.05, 3.63) is 59.9 Å². The minimum absolute atomic E-state index is 0.154. The smallest absolute Gasteiger partial charge is 0.193 e. The Balaban J connectivity index is 1.40. The van der Waals surface area contributed by atoms with E-state index < -0.39 is 0 Å². The molecule has 6 nitrogen and oxygen atoms in total. The highest BCUT2D eigenvalue weighted by Gasteiger charge is 2.35. The Morgan fingerprint density at radius 2 is 1.84 bits per heavy atom. The predicted molar refractivity (Wildman–Crippen MR) is 126 cm³/mol. The van der Waals surface area contributed by atoms with Gasteiger partial charge in [-0.3, -0.25) is 4.99 Å². The van der Waals surface area contributed by atoms with Crippen LogP contribution in [0.15, 0.2) is 53.5 Å². The third-order valence-corrected chi connectivity index (χ3v) is 6.68. The maximum atomic E-state index is 14.0. The second kappa shape index (κ2) is 10.2. The first-order valence-corrected chi connectivity index (χ1v) is 11.3. The fourth-order valence-corrected chi connectivity index (χ4v) is 4.71. The van der Waals surface area contributed by atoms with Gasteiger partial charge in [-0.05, 0) is 42.7 Å². The minimum atomic E-state index is -0.189. The second-order valence-electron chi connectivity index (χ2n) is 8.48. The summed E-state index contributed by atoms with van der Waals surface area (Å²) >= 11 is 0. The summed E-state index contributed by atoms with van der Waals surface area (Å²) in [4.78, 5) is 9.23. The molecule has 4 rings (SSSR count). The molecule has 172 valence electrons. The van der Waals surface area contributed by atoms with Crippen molar-refractivity contribution in [2.24, 2.45) is 4.99 Å². The van der Waals surface area contributed by atoms with E-state index in [0.717, 1.165) is 56.3 Å². The number of piperazine rings is 1. The van der Waals surface area contributed by atoms with Gasteiger partial charge in [-0.15, -0.1) is 0 Å². The molecule has 2 aromatic rings. The van der Waals surface area contributed by atoms with Crippen molar-refractivity contribution in [3.63, 3.8) is 0 Å². The summed E-state index contributed by atoms with van der Waals surface area (Å²) in [5.74, 6) is 1.59. The summed E-state index contributed by atoms with van der Waals surface area (Å²) < 4.78 is 25.0. The van der Waals surface area contributed by atoms with Crippen molar-refractivity contribution in [2.45, 2.75) is 18.3 Å². The van der Waals surface area contributed by atoms with Gasteiger partial charge < -0.3 is 24.6 Å². The van der Waals surface area contributed by atoms with Crippen LogP contribution in [-0.2, 0) is 10.2 Å². The predicted octanol–water partition coefficient (Wildman–Crippen LogP) is 3.28. The highest BCUT2D eigenvalue weighted by atomic mass is 19.1. The van der Waals surface area contributed by atoms with Gasteiger partial charge in [0.05, 0.1) is 7.11 Å². The second-order valence-corrected chi connectivity index (χ2v) is 8.48. The SMILES string of the molecule is CN=C(NCC1(c2cccc(F)c2)CCOCC1)N1CCN(c2cccc(OC)c2)CC1. The van der Waals surface area contributed by atoms with E-state index in [0.29, 0.717) is 19.8 Å². The van der Waals surface area contributed by atoms with Crippen LogP contribution >= 0.6 is 0 Å². The Hall–Kier alpha value is -2.80. The van der Waals surface area contributed by atoms with Crippen LogP contribution in [0, 0.1) is 5.82 Å². The topological polar surface area (TPSA) is 49.3 Å². The van der Waals surface area contributed by atoms with E-state index in [-0.39, 0.29) is 11.2 Å². The van der Waals surface area contributed by atoms with E-state index in [9.17, 15) is 4.39 Å². The zero-order valence-corrected chi connectivity index (χ0v) is 19.0. The molecule has 0 aliphatic carbocycles. The van der Waals surface area contributed by atoms with Crippen LogP contribution < -0.4 is 15.0 Å². The first-order valence-electron chi connectivity index (χ1n) is 11.3. The lowest BCUT2D eigenvalue weighted by Gasteiger charge is -2.41. The number of hydrogen-bond donors (Lipinski definition) is 1. The number of halogens is 1. The molecule has 2 saturated heterocycles. The van der Waals surface area contributed by atoms with E-state index in [1.54, 1.807) is 19.2 Å². The summed E-state index contributed by atoms with van der Waals surface area (Å²) in [5.41, 5.74) is 2.06. The summed E-state index contributed by atoms with van der Waals surface area (Å²) in [6, 6.07) is 15.2. The fourth-order valence-electron chi connectivity index (χ4n) is 4.71. The van der Waals surface area contributed by atoms with Crippen molar-refractivity contribution >= 4 is 11.6 Å². The first kappa shape index (κ1) is 22.4. The molecular weight excluding hydrogens is 407 g/mol. The van der Waals surface area contributed by atoms with Crippen molar-refractivity contribution in [3.8, 4) is 5.75 Å². The standard InChI is InChI=1S/C25H33FN4O2/c1-27-24(30-13-11-29(12-14-30)22-7-4-8-23(18-22)31-2)28-19-25(9-15-32-16-10-25)20-5-3-6-21(26)17-20/h3-8,17-18H,9-16,19H2,1-2H3,(H,27,28). The molecule has 2 fully saturated rings. The maximum absolute atomic E-state index is 14.0. The highest BCUT2D eigenvalue weighted by Crippen LogP contribution is 2.34. The fraction of sp³-hybridized carbons (Fsp3) is 0.480. The van der Waals surface area contributed by atoms with Gasteiger partial charge in [-0.2, -0.15) is 0 Å². The third-order valence-electron chi connectivity index (χ3n) is 6.68. The van der Waals surface area contributed by atoms with Crippen LogP contribution in [0.3, 0.4) is 0 Å². The van der Waals surface area contributed by atoms with Gasteiger partial charge in [0.15, 0.2) is 5.96 Å². The Labute approximate surface area is 190 Å². The normalized spacial score (nSPS) is 19.0. The molecule has 0 saturated carbocycles. The number of benzene rings is 2. The third kappa shape index (κ3) is 4.99. The number of rotatable bonds is 5. The molecule has 7 heteroatoms. The number of ether oxygens (including phenoxy) is 2. The minimum Gasteiger partial charge on any atom is -0.497 e. The molecule has 2 aliphatic heterocycles. The first-order chi connectivity index (χ1) is 15.6. The van der Waals surface area contributed by atoms with Crippen LogP contribution in [-0.4, -0.2) is 71.0 Å². The molecule has 0 bridgehead atoms. The van der Waals surface area contributed by atoms with Gasteiger partial charge in [-0.1, -0.05) is 18.2 Å². The van der Waals surface area contributed by atoms with Gasteiger partial charge in [0.1, 0.15) is 11.6 Å². The van der Waals surface area contributed by atoms with Crippen molar-refractivity contribution in [1.82, 2.24) is 10.2 Å². The number of anilines is 1. The summed E-state index contributed by atoms with van der Waals surface area (Å²) in [7, 11) is 3.53. The lowest BCUT2D eigenvalue weighted by atomic mass is 9.74. The lowest BCUT2D eigenvalue weighted by molar-refractivity contribution is 0.0510. The quantitative estimate of drug-likeness (QED) is 0.571. The summed E-state index contributed by atoms with van der Waals surface area (Å²) in [6.45, 7) is 5.68. The number of nitrogens with one attached hydrogen (secondary N) is 1. The van der Waals surface area contributed by atoms with Gasteiger partial charge in [0.25, 0.3) is 0 Å². The van der Waals surface area contributed by atoms with Crippen molar-refractivity contribution < 1.29 is 13.9 Å². The maximum Gasteiger partial charge on any atom is 0.193 e.